The van der Waals surface area contributed by atoms with E-state index in [0.29, 0.717) is 0 Å². The van der Waals surface area contributed by atoms with Gasteiger partial charge in [0.2, 0.25) is 6.20 Å². The third kappa shape index (κ3) is 1.84. The van der Waals surface area contributed by atoms with Gasteiger partial charge >= 0.3 is 0 Å². The summed E-state index contributed by atoms with van der Waals surface area (Å²) in [4.78, 5) is 11.0. The highest BCUT2D eigenvalue weighted by molar-refractivity contribution is 7.19. The van der Waals surface area contributed by atoms with Crippen LogP contribution in [0.15, 0.2) is 24.4 Å². The maximum atomic E-state index is 10.3. The second kappa shape index (κ2) is 4.06. The zero-order valence-corrected chi connectivity index (χ0v) is 9.88. The highest BCUT2D eigenvalue weighted by Gasteiger charge is 2.08. The van der Waals surface area contributed by atoms with Gasteiger partial charge < -0.3 is 0 Å². The minimum absolute atomic E-state index is 0.432. The topological polar surface area (TPSA) is 43.1 Å². The number of hydrogen-bond donors (Lipinski definition) is 0. The Morgan fingerprint density at radius 1 is 1.38 bits per heavy atom. The molecule has 0 spiro atoms. The van der Waals surface area contributed by atoms with E-state index in [0.717, 1.165) is 22.0 Å². The van der Waals surface area contributed by atoms with Crippen molar-refractivity contribution in [2.24, 2.45) is 0 Å². The van der Waals surface area contributed by atoms with Crippen LogP contribution in [0.4, 0.5) is 0 Å². The molecular weight excluding hydrogens is 222 g/mol. The molecule has 0 saturated carbocycles. The highest BCUT2D eigenvalue weighted by atomic mass is 32.1. The van der Waals surface area contributed by atoms with Crippen molar-refractivity contribution in [2.45, 2.75) is 13.8 Å². The lowest BCUT2D eigenvalue weighted by Gasteiger charge is -1.94. The van der Waals surface area contributed by atoms with Crippen LogP contribution < -0.4 is 0 Å². The molecule has 0 atom stereocenters. The summed E-state index contributed by atoms with van der Waals surface area (Å²) in [6, 6.07) is 6.04. The Morgan fingerprint density at radius 3 is 2.81 bits per heavy atom. The molecule has 2 aromatic rings. The fourth-order valence-corrected chi connectivity index (χ4v) is 2.85. The molecule has 4 heteroatoms. The lowest BCUT2D eigenvalue weighted by atomic mass is 10.1. The Balaban J connectivity index is 2.65. The van der Waals surface area contributed by atoms with Gasteiger partial charge in [-0.25, -0.2) is 0 Å². The summed E-state index contributed by atoms with van der Waals surface area (Å²) in [7, 11) is 0. The van der Waals surface area contributed by atoms with Crippen LogP contribution in [0.25, 0.3) is 16.2 Å². The van der Waals surface area contributed by atoms with E-state index in [9.17, 15) is 10.1 Å². The van der Waals surface area contributed by atoms with Gasteiger partial charge in [-0.15, -0.1) is 11.3 Å². The van der Waals surface area contributed by atoms with E-state index >= 15 is 0 Å². The third-order valence-electron chi connectivity index (χ3n) is 2.50. The molecule has 1 aromatic heterocycles. The summed E-state index contributed by atoms with van der Waals surface area (Å²) in [5, 5.41) is 11.4. The van der Waals surface area contributed by atoms with Crippen LogP contribution in [0.3, 0.4) is 0 Å². The smallest absolute Gasteiger partial charge is 0.235 e. The molecule has 1 heterocycles. The van der Waals surface area contributed by atoms with Crippen LogP contribution in [0.1, 0.15) is 16.0 Å². The highest BCUT2D eigenvalue weighted by Crippen LogP contribution is 2.33. The molecule has 16 heavy (non-hydrogen) atoms. The normalized spacial score (nSPS) is 11.4. The van der Waals surface area contributed by atoms with Crippen LogP contribution in [0.5, 0.6) is 0 Å². The zero-order chi connectivity index (χ0) is 11.7. The van der Waals surface area contributed by atoms with Gasteiger partial charge in [0.05, 0.1) is 4.92 Å². The van der Waals surface area contributed by atoms with E-state index in [1.807, 2.05) is 19.1 Å². The minimum Gasteiger partial charge on any atom is -0.259 e. The van der Waals surface area contributed by atoms with Crippen molar-refractivity contribution in [3.63, 3.8) is 0 Å². The van der Waals surface area contributed by atoms with Gasteiger partial charge in [-0.3, -0.25) is 10.1 Å². The summed E-state index contributed by atoms with van der Waals surface area (Å²) in [5.41, 5.74) is 2.17. The average molecular weight is 233 g/mol. The van der Waals surface area contributed by atoms with Gasteiger partial charge in [0, 0.05) is 26.6 Å². The van der Waals surface area contributed by atoms with Crippen LogP contribution >= 0.6 is 11.3 Å². The summed E-state index contributed by atoms with van der Waals surface area (Å²) >= 11 is 1.68. The summed E-state index contributed by atoms with van der Waals surface area (Å²) in [6.45, 7) is 4.04. The first-order chi connectivity index (χ1) is 7.59. The molecule has 0 aliphatic heterocycles. The van der Waals surface area contributed by atoms with Crippen LogP contribution in [-0.2, 0) is 0 Å². The molecule has 1 aromatic carbocycles. The predicted octanol–water partition coefficient (Wildman–Crippen LogP) is 3.77. The zero-order valence-electron chi connectivity index (χ0n) is 9.06. The average Bonchev–Trinajstić information content (AvgIpc) is 2.53. The molecule has 0 aliphatic rings. The number of fused-ring (bicyclic) bond motifs is 1. The minimum atomic E-state index is -0.432. The number of thiophene rings is 1. The van der Waals surface area contributed by atoms with Crippen molar-refractivity contribution in [3.8, 4) is 0 Å². The van der Waals surface area contributed by atoms with Crippen molar-refractivity contribution in [3.05, 3.63) is 50.5 Å². The van der Waals surface area contributed by atoms with Gasteiger partial charge in [0.15, 0.2) is 0 Å². The van der Waals surface area contributed by atoms with E-state index < -0.39 is 4.92 Å². The SMILES string of the molecule is Cc1sc2c(C)cccc2c1/C=C/[N+](=O)[O-]. The Kier molecular flexibility index (Phi) is 2.75. The quantitative estimate of drug-likeness (QED) is 0.585. The molecule has 0 bridgehead atoms. The summed E-state index contributed by atoms with van der Waals surface area (Å²) < 4.78 is 1.21. The second-order valence-electron chi connectivity index (χ2n) is 3.62. The van der Waals surface area contributed by atoms with Crippen molar-refractivity contribution in [1.82, 2.24) is 0 Å². The van der Waals surface area contributed by atoms with Gasteiger partial charge in [0.1, 0.15) is 0 Å². The van der Waals surface area contributed by atoms with E-state index in [-0.39, 0.29) is 0 Å². The van der Waals surface area contributed by atoms with Gasteiger partial charge in [-0.2, -0.15) is 0 Å². The number of hydrogen-bond acceptors (Lipinski definition) is 3. The molecule has 0 amide bonds. The molecule has 3 nitrogen and oxygen atoms in total. The molecule has 0 fully saturated rings. The fraction of sp³-hybridized carbons (Fsp3) is 0.167. The standard InChI is InChI=1S/C12H11NO2S/c1-8-4-3-5-11-10(6-7-13(14)15)9(2)16-12(8)11/h3-7H,1-2H3/b7-6+. The molecule has 0 saturated heterocycles. The lowest BCUT2D eigenvalue weighted by Crippen LogP contribution is -1.82. The van der Waals surface area contributed by atoms with Gasteiger partial charge in [0.25, 0.3) is 0 Å². The second-order valence-corrected chi connectivity index (χ2v) is 4.85. The monoisotopic (exact) mass is 233 g/mol. The van der Waals surface area contributed by atoms with E-state index in [1.54, 1.807) is 17.4 Å². The summed E-state index contributed by atoms with van der Waals surface area (Å²) in [5.74, 6) is 0. The first-order valence-electron chi connectivity index (χ1n) is 4.90. The maximum Gasteiger partial charge on any atom is 0.235 e. The maximum absolute atomic E-state index is 10.3. The fourth-order valence-electron chi connectivity index (χ4n) is 1.74. The third-order valence-corrected chi connectivity index (χ3v) is 3.77. The Labute approximate surface area is 97.2 Å². The van der Waals surface area contributed by atoms with E-state index in [4.69, 9.17) is 0 Å². The van der Waals surface area contributed by atoms with Crippen molar-refractivity contribution < 1.29 is 4.92 Å². The number of aryl methyl sites for hydroxylation is 2. The van der Waals surface area contributed by atoms with Crippen LogP contribution in [-0.4, -0.2) is 4.92 Å². The first-order valence-corrected chi connectivity index (χ1v) is 5.71. The molecule has 0 unspecified atom stereocenters. The molecular formula is C12H11NO2S. The van der Waals surface area contributed by atoms with Crippen LogP contribution in [0.2, 0.25) is 0 Å². The largest absolute Gasteiger partial charge is 0.259 e. The number of benzene rings is 1. The molecule has 0 radical (unpaired) electrons. The molecule has 82 valence electrons. The van der Waals surface area contributed by atoms with Crippen LogP contribution in [0, 0.1) is 24.0 Å². The number of rotatable bonds is 2. The van der Waals surface area contributed by atoms with E-state index in [2.05, 4.69) is 13.0 Å². The van der Waals surface area contributed by atoms with Gasteiger partial charge in [-0.1, -0.05) is 18.2 Å². The van der Waals surface area contributed by atoms with Crippen molar-refractivity contribution >= 4 is 27.5 Å². The van der Waals surface area contributed by atoms with Crippen molar-refractivity contribution in [2.75, 3.05) is 0 Å². The lowest BCUT2D eigenvalue weighted by molar-refractivity contribution is -0.400. The van der Waals surface area contributed by atoms with Crippen molar-refractivity contribution in [1.29, 1.82) is 0 Å². The molecule has 0 aliphatic carbocycles. The molecule has 0 N–H and O–H groups in total. The Hall–Kier alpha value is -1.68. The molecule has 2 rings (SSSR count). The first kappa shape index (κ1) is 10.8. The predicted molar refractivity (Wildman–Crippen MR) is 67.3 cm³/mol. The van der Waals surface area contributed by atoms with E-state index in [1.165, 1.54) is 10.3 Å². The summed E-state index contributed by atoms with van der Waals surface area (Å²) in [6.07, 6.45) is 2.57. The Bertz CT molecular complexity index is 584. The number of nitrogens with zero attached hydrogens (tertiary/aromatic N) is 1. The van der Waals surface area contributed by atoms with Gasteiger partial charge in [-0.05, 0) is 19.4 Å². The number of nitro groups is 1. The Morgan fingerprint density at radius 2 is 2.12 bits per heavy atom.